The van der Waals surface area contributed by atoms with Crippen molar-refractivity contribution < 1.29 is 9.90 Å². The first-order valence-corrected chi connectivity index (χ1v) is 7.79. The van der Waals surface area contributed by atoms with E-state index >= 15 is 0 Å². The molecule has 0 aliphatic rings. The van der Waals surface area contributed by atoms with E-state index < -0.39 is 0 Å². The number of nitrogens with zero attached hydrogens (tertiary/aromatic N) is 2. The van der Waals surface area contributed by atoms with Crippen LogP contribution in [0, 0.1) is 0 Å². The molecular weight excluding hydrogens is 302 g/mol. The number of hydrogen-bond donors (Lipinski definition) is 2. The summed E-state index contributed by atoms with van der Waals surface area (Å²) in [5, 5.41) is 16.7. The number of benzene rings is 2. The van der Waals surface area contributed by atoms with E-state index in [0.717, 1.165) is 16.8 Å². The number of amides is 1. The van der Waals surface area contributed by atoms with E-state index in [0.29, 0.717) is 0 Å². The van der Waals surface area contributed by atoms with Crippen molar-refractivity contribution >= 4 is 5.91 Å². The van der Waals surface area contributed by atoms with Crippen molar-refractivity contribution in [2.75, 3.05) is 0 Å². The number of phenols is 1. The molecule has 1 unspecified atom stereocenters. The molecule has 1 aromatic heterocycles. The summed E-state index contributed by atoms with van der Waals surface area (Å²) in [6.07, 6.45) is 3.84. The van der Waals surface area contributed by atoms with Gasteiger partial charge in [0.15, 0.2) is 0 Å². The maximum atomic E-state index is 12.2. The van der Waals surface area contributed by atoms with Gasteiger partial charge >= 0.3 is 0 Å². The van der Waals surface area contributed by atoms with Crippen LogP contribution in [-0.2, 0) is 11.2 Å². The van der Waals surface area contributed by atoms with Crippen LogP contribution in [-0.4, -0.2) is 20.8 Å². The second-order valence-corrected chi connectivity index (χ2v) is 5.68. The molecule has 0 aliphatic carbocycles. The summed E-state index contributed by atoms with van der Waals surface area (Å²) in [5.74, 6) is 0.0814. The van der Waals surface area contributed by atoms with Crippen LogP contribution in [0.4, 0.5) is 0 Å². The number of hydrogen-bond acceptors (Lipinski definition) is 3. The van der Waals surface area contributed by atoms with Gasteiger partial charge < -0.3 is 10.4 Å². The maximum Gasteiger partial charge on any atom is 0.224 e. The lowest BCUT2D eigenvalue weighted by molar-refractivity contribution is -0.121. The van der Waals surface area contributed by atoms with E-state index in [9.17, 15) is 9.90 Å². The minimum absolute atomic E-state index is 0.0856. The standard InChI is InChI=1S/C19H19N3O2/c1-14(21-19(24)12-15-5-2-8-18(23)11-15)16-6-3-7-17(13-16)22-10-4-9-20-22/h2-11,13-14,23H,12H2,1H3,(H,21,24). The first kappa shape index (κ1) is 15.8. The summed E-state index contributed by atoms with van der Waals surface area (Å²) in [7, 11) is 0. The zero-order valence-corrected chi connectivity index (χ0v) is 13.4. The van der Waals surface area contributed by atoms with Crippen molar-refractivity contribution in [3.63, 3.8) is 0 Å². The molecule has 5 nitrogen and oxygen atoms in total. The van der Waals surface area contributed by atoms with Gasteiger partial charge in [0.25, 0.3) is 0 Å². The molecule has 0 aliphatic heterocycles. The number of phenolic OH excluding ortho intramolecular Hbond substituents is 1. The second kappa shape index (κ2) is 7.00. The normalized spacial score (nSPS) is 11.9. The zero-order valence-electron chi connectivity index (χ0n) is 13.4. The van der Waals surface area contributed by atoms with Crippen molar-refractivity contribution in [2.24, 2.45) is 0 Å². The van der Waals surface area contributed by atoms with Crippen LogP contribution in [0.2, 0.25) is 0 Å². The van der Waals surface area contributed by atoms with Crippen molar-refractivity contribution in [3.8, 4) is 11.4 Å². The third-order valence-corrected chi connectivity index (χ3v) is 3.79. The molecule has 1 atom stereocenters. The number of nitrogens with one attached hydrogen (secondary N) is 1. The monoisotopic (exact) mass is 321 g/mol. The van der Waals surface area contributed by atoms with Crippen LogP contribution >= 0.6 is 0 Å². The molecule has 0 saturated carbocycles. The molecule has 0 fully saturated rings. The van der Waals surface area contributed by atoms with Crippen molar-refractivity contribution in [1.82, 2.24) is 15.1 Å². The van der Waals surface area contributed by atoms with E-state index in [-0.39, 0.29) is 24.1 Å². The molecule has 3 aromatic rings. The molecule has 2 N–H and O–H groups in total. The number of carbonyl (C=O) groups is 1. The Balaban J connectivity index is 1.67. The van der Waals surface area contributed by atoms with Gasteiger partial charge in [-0.2, -0.15) is 5.10 Å². The van der Waals surface area contributed by atoms with Gasteiger partial charge in [0.2, 0.25) is 5.91 Å². The van der Waals surface area contributed by atoms with Gasteiger partial charge in [-0.25, -0.2) is 4.68 Å². The molecule has 1 amide bonds. The Morgan fingerprint density at radius 1 is 1.21 bits per heavy atom. The Labute approximate surface area is 140 Å². The smallest absolute Gasteiger partial charge is 0.224 e. The minimum atomic E-state index is -0.120. The van der Waals surface area contributed by atoms with E-state index in [2.05, 4.69) is 10.4 Å². The van der Waals surface area contributed by atoms with Crippen LogP contribution in [0.3, 0.4) is 0 Å². The van der Waals surface area contributed by atoms with E-state index in [1.54, 1.807) is 29.1 Å². The summed E-state index contributed by atoms with van der Waals surface area (Å²) in [5.41, 5.74) is 2.74. The molecular formula is C19H19N3O2. The van der Waals surface area contributed by atoms with E-state index in [1.807, 2.05) is 49.5 Å². The lowest BCUT2D eigenvalue weighted by Gasteiger charge is -2.15. The van der Waals surface area contributed by atoms with Gasteiger partial charge in [-0.3, -0.25) is 4.79 Å². The molecule has 0 saturated heterocycles. The highest BCUT2D eigenvalue weighted by atomic mass is 16.3. The number of rotatable bonds is 5. The zero-order chi connectivity index (χ0) is 16.9. The van der Waals surface area contributed by atoms with Gasteiger partial charge in [-0.15, -0.1) is 0 Å². The highest BCUT2D eigenvalue weighted by Crippen LogP contribution is 2.17. The molecule has 2 aromatic carbocycles. The Morgan fingerprint density at radius 2 is 2.04 bits per heavy atom. The van der Waals surface area contributed by atoms with Crippen LogP contribution in [0.15, 0.2) is 67.0 Å². The van der Waals surface area contributed by atoms with Crippen LogP contribution in [0.25, 0.3) is 5.69 Å². The van der Waals surface area contributed by atoms with Crippen LogP contribution in [0.1, 0.15) is 24.1 Å². The van der Waals surface area contributed by atoms with Crippen molar-refractivity contribution in [3.05, 3.63) is 78.1 Å². The molecule has 122 valence electrons. The third kappa shape index (κ3) is 3.81. The first-order chi connectivity index (χ1) is 11.6. The van der Waals surface area contributed by atoms with Gasteiger partial charge in [-0.05, 0) is 48.4 Å². The lowest BCUT2D eigenvalue weighted by atomic mass is 10.1. The quantitative estimate of drug-likeness (QED) is 0.759. The average molecular weight is 321 g/mol. The fourth-order valence-electron chi connectivity index (χ4n) is 2.59. The first-order valence-electron chi connectivity index (χ1n) is 7.79. The average Bonchev–Trinajstić information content (AvgIpc) is 3.09. The molecule has 0 radical (unpaired) electrons. The Morgan fingerprint density at radius 3 is 2.79 bits per heavy atom. The fraction of sp³-hybridized carbons (Fsp3) is 0.158. The topological polar surface area (TPSA) is 67.2 Å². The lowest BCUT2D eigenvalue weighted by Crippen LogP contribution is -2.28. The highest BCUT2D eigenvalue weighted by Gasteiger charge is 2.11. The largest absolute Gasteiger partial charge is 0.508 e. The highest BCUT2D eigenvalue weighted by molar-refractivity contribution is 5.79. The van der Waals surface area contributed by atoms with Crippen molar-refractivity contribution in [2.45, 2.75) is 19.4 Å². The molecule has 0 bridgehead atoms. The summed E-state index contributed by atoms with van der Waals surface area (Å²) in [6, 6.07) is 16.4. The number of carbonyl (C=O) groups excluding carboxylic acids is 1. The number of aromatic nitrogens is 2. The summed E-state index contributed by atoms with van der Waals surface area (Å²) in [6.45, 7) is 1.95. The van der Waals surface area contributed by atoms with Gasteiger partial charge in [0, 0.05) is 12.4 Å². The summed E-state index contributed by atoms with van der Waals surface area (Å²) in [4.78, 5) is 12.2. The predicted octanol–water partition coefficient (Wildman–Crippen LogP) is 3.00. The Hall–Kier alpha value is -3.08. The van der Waals surface area contributed by atoms with Crippen LogP contribution in [0.5, 0.6) is 5.75 Å². The van der Waals surface area contributed by atoms with Crippen molar-refractivity contribution in [1.29, 1.82) is 0 Å². The third-order valence-electron chi connectivity index (χ3n) is 3.79. The molecule has 24 heavy (non-hydrogen) atoms. The van der Waals surface area contributed by atoms with E-state index in [4.69, 9.17) is 0 Å². The van der Waals surface area contributed by atoms with Gasteiger partial charge in [0.1, 0.15) is 5.75 Å². The van der Waals surface area contributed by atoms with Crippen LogP contribution < -0.4 is 5.32 Å². The van der Waals surface area contributed by atoms with E-state index in [1.165, 1.54) is 0 Å². The Bertz CT molecular complexity index is 828. The minimum Gasteiger partial charge on any atom is -0.508 e. The maximum absolute atomic E-state index is 12.2. The molecule has 0 spiro atoms. The molecule has 5 heteroatoms. The molecule has 1 heterocycles. The summed E-state index contributed by atoms with van der Waals surface area (Å²) >= 11 is 0. The Kier molecular flexibility index (Phi) is 4.61. The SMILES string of the molecule is CC(NC(=O)Cc1cccc(O)c1)c1cccc(-n2cccn2)c1. The molecule has 3 rings (SSSR count). The summed E-state index contributed by atoms with van der Waals surface area (Å²) < 4.78 is 1.78. The predicted molar refractivity (Wildman–Crippen MR) is 91.9 cm³/mol. The second-order valence-electron chi connectivity index (χ2n) is 5.68. The van der Waals surface area contributed by atoms with Gasteiger partial charge in [0.05, 0.1) is 18.2 Å². The fourth-order valence-corrected chi connectivity index (χ4v) is 2.59. The van der Waals surface area contributed by atoms with Gasteiger partial charge in [-0.1, -0.05) is 24.3 Å². The number of aromatic hydroxyl groups is 1.